The van der Waals surface area contributed by atoms with E-state index in [4.69, 9.17) is 0 Å². The Morgan fingerprint density at radius 1 is 1.04 bits per heavy atom. The van der Waals surface area contributed by atoms with Crippen molar-refractivity contribution in [1.82, 2.24) is 29.7 Å². The predicted octanol–water partition coefficient (Wildman–Crippen LogP) is 1.89. The lowest BCUT2D eigenvalue weighted by molar-refractivity contribution is 0.0492. The molecule has 0 bridgehead atoms. The lowest BCUT2D eigenvalue weighted by Crippen LogP contribution is -2.49. The molecular formula is C21H30N6O. The van der Waals surface area contributed by atoms with Crippen molar-refractivity contribution in [2.24, 2.45) is 0 Å². The van der Waals surface area contributed by atoms with Gasteiger partial charge in [-0.3, -0.25) is 9.48 Å². The van der Waals surface area contributed by atoms with Gasteiger partial charge in [0.1, 0.15) is 0 Å². The highest BCUT2D eigenvalue weighted by Gasteiger charge is 2.32. The maximum Gasteiger partial charge on any atom is 0.276 e. The molecule has 2 aromatic rings. The number of nitrogens with zero attached hydrogens (tertiary/aromatic N) is 6. The number of carbonyl (C=O) groups excluding carboxylic acids is 1. The van der Waals surface area contributed by atoms with Crippen LogP contribution in [0.2, 0.25) is 0 Å². The normalized spacial score (nSPS) is 21.8. The zero-order valence-corrected chi connectivity index (χ0v) is 16.7. The molecule has 2 aliphatic rings. The number of amides is 1. The number of piperazine rings is 1. The summed E-state index contributed by atoms with van der Waals surface area (Å²) in [5.41, 5.74) is 1.61. The molecule has 0 aliphatic carbocycles. The molecule has 2 aliphatic heterocycles. The van der Waals surface area contributed by atoms with Crippen LogP contribution in [0.4, 0.5) is 0 Å². The molecule has 0 spiro atoms. The standard InChI is InChI=1S/C21H30N6O/c1-24-12-15-27(20(17-24)18-8-4-2-5-9-18)21(28)19-16-26(23-22-19)14-13-25-10-6-3-7-11-25/h2,4-5,8-9,16,20H,3,6-7,10-15,17H2,1H3/t20-/m1/s1. The van der Waals surface area contributed by atoms with Gasteiger partial charge in [0.05, 0.1) is 18.8 Å². The van der Waals surface area contributed by atoms with Crippen molar-refractivity contribution < 1.29 is 4.79 Å². The van der Waals surface area contributed by atoms with E-state index < -0.39 is 0 Å². The molecule has 7 nitrogen and oxygen atoms in total. The van der Waals surface area contributed by atoms with Crippen LogP contribution in [0.3, 0.4) is 0 Å². The van der Waals surface area contributed by atoms with Crippen LogP contribution in [0, 0.1) is 0 Å². The number of rotatable bonds is 5. The number of likely N-dealkylation sites (N-methyl/N-ethyl adjacent to an activating group) is 1. The average molecular weight is 383 g/mol. The van der Waals surface area contributed by atoms with Crippen LogP contribution in [-0.2, 0) is 6.54 Å². The first-order valence-corrected chi connectivity index (χ1v) is 10.4. The van der Waals surface area contributed by atoms with Crippen LogP contribution in [0.1, 0.15) is 41.4 Å². The Bertz CT molecular complexity index is 770. The third-order valence-electron chi connectivity index (χ3n) is 5.88. The minimum Gasteiger partial charge on any atom is -0.328 e. The average Bonchev–Trinajstić information content (AvgIpc) is 3.22. The summed E-state index contributed by atoms with van der Waals surface area (Å²) in [5.74, 6) is -0.0221. The highest BCUT2D eigenvalue weighted by Crippen LogP contribution is 2.26. The van der Waals surface area contributed by atoms with E-state index in [9.17, 15) is 4.79 Å². The van der Waals surface area contributed by atoms with E-state index in [1.165, 1.54) is 37.9 Å². The summed E-state index contributed by atoms with van der Waals surface area (Å²) in [6.45, 7) is 6.50. The van der Waals surface area contributed by atoms with Gasteiger partial charge >= 0.3 is 0 Å². The second-order valence-electron chi connectivity index (χ2n) is 7.96. The number of hydrogen-bond donors (Lipinski definition) is 0. The molecule has 1 aromatic heterocycles. The molecular weight excluding hydrogens is 352 g/mol. The van der Waals surface area contributed by atoms with E-state index in [0.29, 0.717) is 12.2 Å². The molecule has 0 saturated carbocycles. The van der Waals surface area contributed by atoms with E-state index in [1.807, 2.05) is 34.0 Å². The van der Waals surface area contributed by atoms with Crippen LogP contribution in [0.15, 0.2) is 36.5 Å². The molecule has 3 heterocycles. The number of likely N-dealkylation sites (tertiary alicyclic amines) is 1. The second kappa shape index (κ2) is 8.84. The summed E-state index contributed by atoms with van der Waals surface area (Å²) in [6, 6.07) is 10.3. The molecule has 0 radical (unpaired) electrons. The Morgan fingerprint density at radius 2 is 1.82 bits per heavy atom. The van der Waals surface area contributed by atoms with E-state index in [1.54, 1.807) is 0 Å². The van der Waals surface area contributed by atoms with E-state index in [2.05, 4.69) is 39.3 Å². The summed E-state index contributed by atoms with van der Waals surface area (Å²) in [7, 11) is 2.11. The van der Waals surface area contributed by atoms with Crippen LogP contribution >= 0.6 is 0 Å². The molecule has 2 fully saturated rings. The lowest BCUT2D eigenvalue weighted by atomic mass is 10.0. The topological polar surface area (TPSA) is 57.5 Å². The van der Waals surface area contributed by atoms with Gasteiger partial charge < -0.3 is 14.7 Å². The molecule has 1 aromatic carbocycles. The van der Waals surface area contributed by atoms with Gasteiger partial charge in [0.2, 0.25) is 0 Å². The first-order chi connectivity index (χ1) is 13.7. The quantitative estimate of drug-likeness (QED) is 0.790. The number of aromatic nitrogens is 3. The highest BCUT2D eigenvalue weighted by atomic mass is 16.2. The molecule has 28 heavy (non-hydrogen) atoms. The van der Waals surface area contributed by atoms with E-state index >= 15 is 0 Å². The Hall–Kier alpha value is -2.25. The van der Waals surface area contributed by atoms with Crippen LogP contribution in [0.5, 0.6) is 0 Å². The molecule has 4 rings (SSSR count). The van der Waals surface area contributed by atoms with Crippen molar-refractivity contribution in [1.29, 1.82) is 0 Å². The van der Waals surface area contributed by atoms with Crippen molar-refractivity contribution in [3.63, 3.8) is 0 Å². The fraction of sp³-hybridized carbons (Fsp3) is 0.571. The van der Waals surface area contributed by atoms with Gasteiger partial charge in [-0.15, -0.1) is 5.10 Å². The summed E-state index contributed by atoms with van der Waals surface area (Å²) in [6.07, 6.45) is 5.72. The Morgan fingerprint density at radius 3 is 2.61 bits per heavy atom. The first kappa shape index (κ1) is 19.1. The maximum atomic E-state index is 13.2. The van der Waals surface area contributed by atoms with Crippen LogP contribution in [-0.4, -0.2) is 81.9 Å². The summed E-state index contributed by atoms with van der Waals surface area (Å²) in [5, 5.41) is 8.40. The third kappa shape index (κ3) is 4.42. The van der Waals surface area contributed by atoms with Crippen molar-refractivity contribution in [3.8, 4) is 0 Å². The Balaban J connectivity index is 1.43. The van der Waals surface area contributed by atoms with Gasteiger partial charge in [0.25, 0.3) is 5.91 Å². The largest absolute Gasteiger partial charge is 0.328 e. The lowest BCUT2D eigenvalue weighted by Gasteiger charge is -2.40. The van der Waals surface area contributed by atoms with Crippen molar-refractivity contribution in [2.75, 3.05) is 46.3 Å². The Labute approximate surface area is 166 Å². The number of hydrogen-bond acceptors (Lipinski definition) is 5. The smallest absolute Gasteiger partial charge is 0.276 e. The van der Waals surface area contributed by atoms with Gasteiger partial charge in [-0.2, -0.15) is 0 Å². The molecule has 7 heteroatoms. The van der Waals surface area contributed by atoms with Crippen molar-refractivity contribution >= 4 is 5.91 Å². The maximum absolute atomic E-state index is 13.2. The fourth-order valence-electron chi connectivity index (χ4n) is 4.20. The number of benzene rings is 1. The third-order valence-corrected chi connectivity index (χ3v) is 5.88. The summed E-state index contributed by atoms with van der Waals surface area (Å²) in [4.78, 5) is 19.9. The zero-order valence-electron chi connectivity index (χ0n) is 16.7. The van der Waals surface area contributed by atoms with Crippen LogP contribution in [0.25, 0.3) is 0 Å². The van der Waals surface area contributed by atoms with Gasteiger partial charge in [0.15, 0.2) is 5.69 Å². The van der Waals surface area contributed by atoms with Gasteiger partial charge in [0, 0.05) is 26.2 Å². The molecule has 2 saturated heterocycles. The van der Waals surface area contributed by atoms with Crippen molar-refractivity contribution in [3.05, 3.63) is 47.8 Å². The monoisotopic (exact) mass is 382 g/mol. The SMILES string of the molecule is CN1CCN(C(=O)c2cn(CCN3CCCCC3)nn2)[C@@H](c2ccccc2)C1. The van der Waals surface area contributed by atoms with Crippen LogP contribution < -0.4 is 0 Å². The molecule has 1 atom stereocenters. The Kier molecular flexibility index (Phi) is 6.02. The molecule has 0 unspecified atom stereocenters. The fourth-order valence-corrected chi connectivity index (χ4v) is 4.20. The summed E-state index contributed by atoms with van der Waals surface area (Å²) >= 11 is 0. The minimum atomic E-state index is -0.0221. The number of piperidine rings is 1. The molecule has 150 valence electrons. The first-order valence-electron chi connectivity index (χ1n) is 10.4. The van der Waals surface area contributed by atoms with Crippen molar-refractivity contribution in [2.45, 2.75) is 31.8 Å². The molecule has 1 amide bonds. The van der Waals surface area contributed by atoms with E-state index in [0.717, 1.165) is 26.2 Å². The predicted molar refractivity (Wildman–Crippen MR) is 108 cm³/mol. The number of carbonyl (C=O) groups is 1. The van der Waals surface area contributed by atoms with Gasteiger partial charge in [-0.25, -0.2) is 0 Å². The molecule has 0 N–H and O–H groups in total. The summed E-state index contributed by atoms with van der Waals surface area (Å²) < 4.78 is 1.81. The van der Waals surface area contributed by atoms with E-state index in [-0.39, 0.29) is 11.9 Å². The zero-order chi connectivity index (χ0) is 19.3. The van der Waals surface area contributed by atoms with Gasteiger partial charge in [-0.1, -0.05) is 42.0 Å². The minimum absolute atomic E-state index is 0.0221. The second-order valence-corrected chi connectivity index (χ2v) is 7.96. The van der Waals surface area contributed by atoms with Gasteiger partial charge in [-0.05, 0) is 38.5 Å². The highest BCUT2D eigenvalue weighted by molar-refractivity contribution is 5.92.